The van der Waals surface area contributed by atoms with Crippen molar-refractivity contribution >= 4 is 35.0 Å². The van der Waals surface area contributed by atoms with Gasteiger partial charge >= 0.3 is 0 Å². The van der Waals surface area contributed by atoms with E-state index in [4.69, 9.17) is 23.2 Å². The van der Waals surface area contributed by atoms with E-state index in [0.717, 1.165) is 5.56 Å². The van der Waals surface area contributed by atoms with E-state index in [-0.39, 0.29) is 18.2 Å². The van der Waals surface area contributed by atoms with E-state index in [2.05, 4.69) is 5.32 Å². The molecule has 4 nitrogen and oxygen atoms in total. The molecule has 2 aromatic carbocycles. The van der Waals surface area contributed by atoms with E-state index >= 15 is 0 Å². The van der Waals surface area contributed by atoms with Crippen molar-refractivity contribution in [2.45, 2.75) is 39.3 Å². The molecule has 0 bridgehead atoms. The van der Waals surface area contributed by atoms with Crippen molar-refractivity contribution < 1.29 is 9.59 Å². The highest BCUT2D eigenvalue weighted by molar-refractivity contribution is 6.35. The van der Waals surface area contributed by atoms with Crippen LogP contribution in [0.1, 0.15) is 31.4 Å². The van der Waals surface area contributed by atoms with E-state index in [0.29, 0.717) is 35.1 Å². The number of benzene rings is 2. The minimum Gasteiger partial charge on any atom is -0.355 e. The van der Waals surface area contributed by atoms with Gasteiger partial charge in [-0.2, -0.15) is 0 Å². The monoisotopic (exact) mass is 406 g/mol. The molecule has 2 amide bonds. The third-order valence-corrected chi connectivity index (χ3v) is 4.88. The minimum atomic E-state index is -0.538. The van der Waals surface area contributed by atoms with Crippen LogP contribution in [0.15, 0.2) is 48.5 Å². The Bertz CT molecular complexity index is 781. The first-order chi connectivity index (χ1) is 13.0. The minimum absolute atomic E-state index is 0.110. The van der Waals surface area contributed by atoms with Gasteiger partial charge in [0, 0.05) is 23.1 Å². The molecule has 6 heteroatoms. The molecule has 1 N–H and O–H groups in total. The average molecular weight is 407 g/mol. The van der Waals surface area contributed by atoms with Crippen LogP contribution in [0, 0.1) is 0 Å². The number of hydrogen-bond donors (Lipinski definition) is 1. The summed E-state index contributed by atoms with van der Waals surface area (Å²) in [5.74, 6) is -0.298. The molecule has 144 valence electrons. The van der Waals surface area contributed by atoms with Gasteiger partial charge in [-0.25, -0.2) is 0 Å². The van der Waals surface area contributed by atoms with Gasteiger partial charge in [-0.15, -0.1) is 0 Å². The van der Waals surface area contributed by atoms with Gasteiger partial charge in [0.2, 0.25) is 11.8 Å². The number of hydrogen-bond acceptors (Lipinski definition) is 2. The summed E-state index contributed by atoms with van der Waals surface area (Å²) in [7, 11) is 0. The third-order valence-electron chi connectivity index (χ3n) is 4.29. The van der Waals surface area contributed by atoms with Crippen LogP contribution in [0.4, 0.5) is 0 Å². The van der Waals surface area contributed by atoms with Crippen molar-refractivity contribution in [2.24, 2.45) is 0 Å². The molecule has 0 aliphatic heterocycles. The molecule has 0 aliphatic rings. The Labute approximate surface area is 170 Å². The molecule has 0 radical (unpaired) electrons. The second kappa shape index (κ2) is 10.3. The van der Waals surface area contributed by atoms with E-state index in [1.165, 1.54) is 0 Å². The van der Waals surface area contributed by atoms with Gasteiger partial charge in [0.1, 0.15) is 6.04 Å². The maximum atomic E-state index is 13.1. The summed E-state index contributed by atoms with van der Waals surface area (Å²) in [6.45, 7) is 4.65. The molecule has 27 heavy (non-hydrogen) atoms. The number of nitrogens with zero attached hydrogens (tertiary/aromatic N) is 1. The smallest absolute Gasteiger partial charge is 0.242 e. The Balaban J connectivity index is 2.28. The third kappa shape index (κ3) is 5.98. The van der Waals surface area contributed by atoms with Crippen LogP contribution in [0.2, 0.25) is 10.0 Å². The summed E-state index contributed by atoms with van der Waals surface area (Å²) in [6.07, 6.45) is 0.636. The van der Waals surface area contributed by atoms with E-state index in [1.54, 1.807) is 23.1 Å². The van der Waals surface area contributed by atoms with Crippen LogP contribution in [0.3, 0.4) is 0 Å². The first kappa shape index (κ1) is 21.3. The fraction of sp³-hybridized carbons (Fsp3) is 0.333. The number of likely N-dealkylation sites (N-methyl/N-ethyl adjacent to an activating group) is 1. The Morgan fingerprint density at radius 3 is 2.37 bits per heavy atom. The molecule has 2 aromatic rings. The normalized spacial score (nSPS) is 11.7. The number of amides is 2. The molecule has 0 aromatic heterocycles. The van der Waals surface area contributed by atoms with Gasteiger partial charge in [0.15, 0.2) is 0 Å². The number of nitrogens with one attached hydrogen (secondary N) is 1. The summed E-state index contributed by atoms with van der Waals surface area (Å²) >= 11 is 12.2. The maximum absolute atomic E-state index is 13.1. The Morgan fingerprint density at radius 2 is 1.78 bits per heavy atom. The SMILES string of the molecule is CCNC(=O)[C@@H](CC)N(Cc1ccccc1)C(=O)Cc1ccc(Cl)cc1Cl. The van der Waals surface area contributed by atoms with Crippen LogP contribution in [0.5, 0.6) is 0 Å². The second-order valence-electron chi connectivity index (χ2n) is 6.24. The van der Waals surface area contributed by atoms with Crippen molar-refractivity contribution in [1.29, 1.82) is 0 Å². The molecular formula is C21H24Cl2N2O2. The Hall–Kier alpha value is -2.04. The highest BCUT2D eigenvalue weighted by Gasteiger charge is 2.28. The quantitative estimate of drug-likeness (QED) is 0.702. The van der Waals surface area contributed by atoms with Gasteiger partial charge in [-0.05, 0) is 36.6 Å². The standard InChI is InChI=1S/C21H24Cl2N2O2/c1-3-19(21(27)24-4-2)25(14-15-8-6-5-7-9-15)20(26)12-16-10-11-17(22)13-18(16)23/h5-11,13,19H,3-4,12,14H2,1-2H3,(H,24,27)/t19-/m1/s1. The Kier molecular flexibility index (Phi) is 8.14. The largest absolute Gasteiger partial charge is 0.355 e. The van der Waals surface area contributed by atoms with Crippen LogP contribution in [-0.4, -0.2) is 29.3 Å². The molecule has 0 spiro atoms. The zero-order chi connectivity index (χ0) is 19.8. The van der Waals surface area contributed by atoms with Crippen molar-refractivity contribution in [1.82, 2.24) is 10.2 Å². The number of carbonyl (C=O) groups is 2. The first-order valence-electron chi connectivity index (χ1n) is 9.01. The average Bonchev–Trinajstić information content (AvgIpc) is 2.65. The van der Waals surface area contributed by atoms with Gasteiger partial charge in [0.25, 0.3) is 0 Å². The fourth-order valence-corrected chi connectivity index (χ4v) is 3.40. The summed E-state index contributed by atoms with van der Waals surface area (Å²) in [6, 6.07) is 14.2. The lowest BCUT2D eigenvalue weighted by Crippen LogP contribution is -2.49. The van der Waals surface area contributed by atoms with Crippen LogP contribution < -0.4 is 5.32 Å². The van der Waals surface area contributed by atoms with Crippen LogP contribution in [0.25, 0.3) is 0 Å². The lowest BCUT2D eigenvalue weighted by Gasteiger charge is -2.30. The van der Waals surface area contributed by atoms with Gasteiger partial charge in [0.05, 0.1) is 6.42 Å². The maximum Gasteiger partial charge on any atom is 0.242 e. The zero-order valence-corrected chi connectivity index (χ0v) is 17.1. The van der Waals surface area contributed by atoms with Crippen molar-refractivity contribution in [3.05, 3.63) is 69.7 Å². The summed E-state index contributed by atoms with van der Waals surface area (Å²) < 4.78 is 0. The highest BCUT2D eigenvalue weighted by Crippen LogP contribution is 2.23. The second-order valence-corrected chi connectivity index (χ2v) is 7.08. The molecule has 2 rings (SSSR count). The molecule has 0 aliphatic carbocycles. The van der Waals surface area contributed by atoms with E-state index in [1.807, 2.05) is 44.2 Å². The fourth-order valence-electron chi connectivity index (χ4n) is 2.92. The van der Waals surface area contributed by atoms with Crippen LogP contribution in [-0.2, 0) is 22.6 Å². The summed E-state index contributed by atoms with van der Waals surface area (Å²) in [5, 5.41) is 3.79. The van der Waals surface area contributed by atoms with E-state index < -0.39 is 6.04 Å². The Morgan fingerprint density at radius 1 is 1.07 bits per heavy atom. The van der Waals surface area contributed by atoms with Crippen molar-refractivity contribution in [3.63, 3.8) is 0 Å². The number of rotatable bonds is 8. The van der Waals surface area contributed by atoms with Gasteiger partial charge in [-0.1, -0.05) is 66.5 Å². The number of carbonyl (C=O) groups excluding carboxylic acids is 2. The molecular weight excluding hydrogens is 383 g/mol. The van der Waals surface area contributed by atoms with Crippen molar-refractivity contribution in [3.8, 4) is 0 Å². The molecule has 1 atom stereocenters. The predicted molar refractivity (Wildman–Crippen MR) is 110 cm³/mol. The molecule has 0 saturated heterocycles. The molecule has 0 fully saturated rings. The highest BCUT2D eigenvalue weighted by atomic mass is 35.5. The predicted octanol–water partition coefficient (Wildman–Crippen LogP) is 4.48. The zero-order valence-electron chi connectivity index (χ0n) is 15.5. The topological polar surface area (TPSA) is 49.4 Å². The van der Waals surface area contributed by atoms with Gasteiger partial charge < -0.3 is 10.2 Å². The first-order valence-corrected chi connectivity index (χ1v) is 9.76. The lowest BCUT2D eigenvalue weighted by molar-refractivity contribution is -0.140. The van der Waals surface area contributed by atoms with Crippen LogP contribution >= 0.6 is 23.2 Å². The molecule has 0 saturated carbocycles. The van der Waals surface area contributed by atoms with E-state index in [9.17, 15) is 9.59 Å². The molecule has 0 unspecified atom stereocenters. The summed E-state index contributed by atoms with van der Waals surface area (Å²) in [5.41, 5.74) is 1.66. The van der Waals surface area contributed by atoms with Gasteiger partial charge in [-0.3, -0.25) is 9.59 Å². The lowest BCUT2D eigenvalue weighted by atomic mass is 10.1. The molecule has 0 heterocycles. The number of halogens is 2. The van der Waals surface area contributed by atoms with Crippen molar-refractivity contribution in [2.75, 3.05) is 6.54 Å². The summed E-state index contributed by atoms with van der Waals surface area (Å²) in [4.78, 5) is 27.3.